The molecule has 1 atom stereocenters. The van der Waals surface area contributed by atoms with Gasteiger partial charge in [-0.3, -0.25) is 9.11 Å². The highest BCUT2D eigenvalue weighted by Gasteiger charge is 2.46. The molecule has 1 heterocycles. The number of methoxy groups -OCH3 is 1. The normalized spacial score (nSPS) is 18.8. The van der Waals surface area contributed by atoms with Gasteiger partial charge in [-0.25, -0.2) is 9.98 Å². The maximum absolute atomic E-state index is 12.1. The van der Waals surface area contributed by atoms with E-state index in [1.807, 2.05) is 0 Å². The number of unbranched alkanes of at least 4 members (excludes halogenated alkanes) is 6. The van der Waals surface area contributed by atoms with Crippen molar-refractivity contribution in [3.63, 3.8) is 0 Å². The minimum absolute atomic E-state index is 0.0947. The van der Waals surface area contributed by atoms with Gasteiger partial charge in [-0.15, -0.1) is 0 Å². The number of nitrogens with zero attached hydrogens (tertiary/aromatic N) is 2. The molecule has 0 saturated heterocycles. The number of ether oxygens (including phenoxy) is 1. The number of rotatable bonds is 12. The average Bonchev–Trinajstić information content (AvgIpc) is 3.04. The van der Waals surface area contributed by atoms with E-state index >= 15 is 0 Å². The first-order valence-corrected chi connectivity index (χ1v) is 12.8. The lowest BCUT2D eigenvalue weighted by atomic mass is 10.0. The summed E-state index contributed by atoms with van der Waals surface area (Å²) in [5.74, 6) is 0. The lowest BCUT2D eigenvalue weighted by Gasteiger charge is -2.16. The van der Waals surface area contributed by atoms with Crippen molar-refractivity contribution < 1.29 is 43.8 Å². The van der Waals surface area contributed by atoms with Crippen molar-refractivity contribution in [2.75, 3.05) is 7.11 Å². The minimum atomic E-state index is -4.99. The summed E-state index contributed by atoms with van der Waals surface area (Å²) >= 11 is 0. The van der Waals surface area contributed by atoms with Gasteiger partial charge in [-0.1, -0.05) is 38.2 Å². The zero-order chi connectivity index (χ0) is 24.2. The number of benzene rings is 1. The molecule has 1 aliphatic rings. The third-order valence-corrected chi connectivity index (χ3v) is 6.97. The van der Waals surface area contributed by atoms with Crippen LogP contribution in [0.5, 0.6) is 0 Å². The first-order chi connectivity index (χ1) is 14.7. The maximum Gasteiger partial charge on any atom is 0.390 e. The third-order valence-electron chi connectivity index (χ3n) is 4.97. The van der Waals surface area contributed by atoms with Crippen LogP contribution in [0.25, 0.3) is 0 Å². The van der Waals surface area contributed by atoms with E-state index < -0.39 is 48.3 Å². The molecule has 1 aliphatic heterocycles. The van der Waals surface area contributed by atoms with Gasteiger partial charge in [-0.05, 0) is 30.9 Å². The molecule has 1 unspecified atom stereocenters. The van der Waals surface area contributed by atoms with Crippen molar-refractivity contribution in [2.24, 2.45) is 9.98 Å². The third kappa shape index (κ3) is 6.70. The molecule has 0 aliphatic carbocycles. The molecule has 1 aromatic carbocycles. The van der Waals surface area contributed by atoms with Gasteiger partial charge in [0.25, 0.3) is 10.1 Å². The van der Waals surface area contributed by atoms with Crippen molar-refractivity contribution in [3.05, 3.63) is 28.4 Å². The Hall–Kier alpha value is -1.61. The average molecular weight is 503 g/mol. The molecular formula is C18H25F3N2O7S2. The van der Waals surface area contributed by atoms with Crippen LogP contribution < -0.4 is 10.7 Å². The van der Waals surface area contributed by atoms with Crippen molar-refractivity contribution in [1.82, 2.24) is 0 Å². The number of fused-ring (bicyclic) bond motifs is 1. The van der Waals surface area contributed by atoms with Crippen molar-refractivity contribution in [3.8, 4) is 0 Å². The molecule has 0 bridgehead atoms. The predicted octanol–water partition coefficient (Wildman–Crippen LogP) is 2.56. The Labute approximate surface area is 183 Å². The summed E-state index contributed by atoms with van der Waals surface area (Å²) in [5.41, 5.74) is 0.192. The fourth-order valence-electron chi connectivity index (χ4n) is 3.44. The van der Waals surface area contributed by atoms with E-state index in [-0.39, 0.29) is 23.8 Å². The second-order valence-electron chi connectivity index (χ2n) is 7.44. The smallest absolute Gasteiger partial charge is 0.324 e. The fraction of sp³-hybridized carbons (Fsp3) is 0.667. The molecule has 1 aromatic rings. The quantitative estimate of drug-likeness (QED) is 0.330. The Kier molecular flexibility index (Phi) is 8.42. The molecule has 0 aromatic heterocycles. The van der Waals surface area contributed by atoms with E-state index in [2.05, 4.69) is 9.98 Å². The Balaban J connectivity index is 2.06. The number of halogens is 3. The summed E-state index contributed by atoms with van der Waals surface area (Å²) < 4.78 is 107. The van der Waals surface area contributed by atoms with Gasteiger partial charge in [0.1, 0.15) is 10.3 Å². The monoisotopic (exact) mass is 502 g/mol. The van der Waals surface area contributed by atoms with Crippen LogP contribution in [0.2, 0.25) is 0 Å². The molecule has 2 N–H and O–H groups in total. The summed E-state index contributed by atoms with van der Waals surface area (Å²) in [6.45, 7) is 0. The second kappa shape index (κ2) is 10.1. The Morgan fingerprint density at radius 1 is 0.938 bits per heavy atom. The number of aryl methyl sites for hydroxylation is 1. The van der Waals surface area contributed by atoms with Gasteiger partial charge in [0.2, 0.25) is 0 Å². The minimum Gasteiger partial charge on any atom is -0.324 e. The van der Waals surface area contributed by atoms with Crippen LogP contribution in [-0.2, 0) is 31.4 Å². The van der Waals surface area contributed by atoms with Crippen LogP contribution in [0.15, 0.2) is 27.0 Å². The van der Waals surface area contributed by atoms with Gasteiger partial charge in [-0.2, -0.15) is 30.0 Å². The SMILES string of the molecule is COC1(S(=O)(=O)O)N=c2ccc(CCCCCCCCCC(F)(F)F)c(S(=O)(=O)O)c2=N1. The van der Waals surface area contributed by atoms with Gasteiger partial charge in [0.15, 0.2) is 0 Å². The Morgan fingerprint density at radius 3 is 2.00 bits per heavy atom. The van der Waals surface area contributed by atoms with Gasteiger partial charge in [0.05, 0.1) is 5.36 Å². The van der Waals surface area contributed by atoms with Gasteiger partial charge in [0, 0.05) is 13.5 Å². The van der Waals surface area contributed by atoms with Crippen molar-refractivity contribution in [1.29, 1.82) is 0 Å². The Morgan fingerprint density at radius 2 is 1.50 bits per heavy atom. The molecular weight excluding hydrogens is 477 g/mol. The first-order valence-electron chi connectivity index (χ1n) is 9.88. The number of hydrogen-bond acceptors (Lipinski definition) is 7. The first kappa shape index (κ1) is 26.6. The van der Waals surface area contributed by atoms with Crippen LogP contribution in [0.4, 0.5) is 13.2 Å². The molecule has 0 spiro atoms. The highest BCUT2D eigenvalue weighted by molar-refractivity contribution is 7.87. The molecule has 14 heteroatoms. The van der Waals surface area contributed by atoms with E-state index in [1.165, 1.54) is 12.1 Å². The van der Waals surface area contributed by atoms with E-state index in [1.54, 1.807) is 0 Å². The summed E-state index contributed by atoms with van der Waals surface area (Å²) in [6.07, 6.45) is -0.773. The fourth-order valence-corrected chi connectivity index (χ4v) is 4.97. The predicted molar refractivity (Wildman–Crippen MR) is 107 cm³/mol. The second-order valence-corrected chi connectivity index (χ2v) is 10.3. The molecule has 0 amide bonds. The zero-order valence-electron chi connectivity index (χ0n) is 17.3. The summed E-state index contributed by atoms with van der Waals surface area (Å²) in [5, 5.41) is -3.35. The van der Waals surface area contributed by atoms with Crippen LogP contribution in [0.1, 0.15) is 56.9 Å². The van der Waals surface area contributed by atoms with E-state index in [4.69, 9.17) is 4.74 Å². The lowest BCUT2D eigenvalue weighted by Crippen LogP contribution is -2.36. The number of hydrogen-bond donors (Lipinski definition) is 2. The van der Waals surface area contributed by atoms with Crippen LogP contribution >= 0.6 is 0 Å². The van der Waals surface area contributed by atoms with Crippen LogP contribution in [0, 0.1) is 0 Å². The van der Waals surface area contributed by atoms with Crippen LogP contribution in [-0.4, -0.2) is 44.4 Å². The molecule has 0 fully saturated rings. The molecule has 32 heavy (non-hydrogen) atoms. The topological polar surface area (TPSA) is 143 Å². The molecule has 182 valence electrons. The maximum atomic E-state index is 12.1. The molecule has 2 rings (SSSR count). The number of alkyl halides is 3. The van der Waals surface area contributed by atoms with Crippen molar-refractivity contribution >= 4 is 20.2 Å². The van der Waals surface area contributed by atoms with E-state index in [0.29, 0.717) is 25.7 Å². The summed E-state index contributed by atoms with van der Waals surface area (Å²) in [6, 6.07) is 2.68. The molecule has 0 radical (unpaired) electrons. The van der Waals surface area contributed by atoms with Gasteiger partial charge < -0.3 is 4.74 Å². The van der Waals surface area contributed by atoms with E-state index in [0.717, 1.165) is 20.0 Å². The Bertz CT molecular complexity index is 1150. The zero-order valence-corrected chi connectivity index (χ0v) is 18.9. The highest BCUT2D eigenvalue weighted by Crippen LogP contribution is 2.25. The lowest BCUT2D eigenvalue weighted by molar-refractivity contribution is -0.135. The van der Waals surface area contributed by atoms with E-state index in [9.17, 15) is 39.1 Å². The molecule has 9 nitrogen and oxygen atoms in total. The van der Waals surface area contributed by atoms with Crippen LogP contribution in [0.3, 0.4) is 0 Å². The molecule has 0 saturated carbocycles. The summed E-state index contributed by atoms with van der Waals surface area (Å²) in [7, 11) is -8.88. The van der Waals surface area contributed by atoms with Gasteiger partial charge >= 0.3 is 21.5 Å². The van der Waals surface area contributed by atoms with Crippen molar-refractivity contribution in [2.45, 2.75) is 74.0 Å². The standard InChI is InChI=1S/C18H25F3N2O7S2/c1-30-18(32(27,28)29)22-14-11-10-13(16(15(14)23-18)31(24,25)26)9-7-5-3-2-4-6-8-12-17(19,20)21/h10-11H,2-9,12H2,1H3,(H,24,25,26)(H,27,28,29). The largest absolute Gasteiger partial charge is 0.390 e. The summed E-state index contributed by atoms with van der Waals surface area (Å²) in [4.78, 5) is 6.73. The highest BCUT2D eigenvalue weighted by atomic mass is 32.2.